The molecule has 0 bridgehead atoms. The van der Waals surface area contributed by atoms with Gasteiger partial charge in [0.15, 0.2) is 11.5 Å². The lowest BCUT2D eigenvalue weighted by Gasteiger charge is -2.09. The third kappa shape index (κ3) is 3.03. The zero-order chi connectivity index (χ0) is 13.8. The number of nitro groups is 1. The average molecular weight is 324 g/mol. The molecule has 0 heterocycles. The normalized spacial score (nSPS) is 10.2. The van der Waals surface area contributed by atoms with E-state index in [4.69, 9.17) is 4.74 Å². The molecule has 98 valence electrons. The molecule has 2 aromatic rings. The molecule has 0 unspecified atom stereocenters. The van der Waals surface area contributed by atoms with E-state index in [1.165, 1.54) is 12.1 Å². The molecule has 1 N–H and O–H groups in total. The number of nitrogens with zero attached hydrogens (tertiary/aromatic N) is 1. The van der Waals surface area contributed by atoms with Crippen molar-refractivity contribution in [3.63, 3.8) is 0 Å². The monoisotopic (exact) mass is 323 g/mol. The first-order chi connectivity index (χ1) is 9.09. The molecular weight excluding hydrogens is 314 g/mol. The van der Waals surface area contributed by atoms with Crippen LogP contribution in [-0.2, 0) is 6.61 Å². The molecule has 0 saturated carbocycles. The number of hydrogen-bond donors (Lipinski definition) is 1. The Bertz CT molecular complexity index is 615. The first-order valence-electron chi connectivity index (χ1n) is 5.42. The van der Waals surface area contributed by atoms with E-state index in [0.29, 0.717) is 15.8 Å². The van der Waals surface area contributed by atoms with Crippen LogP contribution in [0.4, 0.5) is 5.69 Å². The average Bonchev–Trinajstić information content (AvgIpc) is 2.39. The minimum atomic E-state index is -0.465. The van der Waals surface area contributed by atoms with E-state index in [1.807, 2.05) is 0 Å². The molecule has 0 aliphatic carbocycles. The van der Waals surface area contributed by atoms with Crippen molar-refractivity contribution < 1.29 is 14.8 Å². The summed E-state index contributed by atoms with van der Waals surface area (Å²) >= 11 is 3.19. The van der Waals surface area contributed by atoms with E-state index in [-0.39, 0.29) is 18.0 Å². The smallest absolute Gasteiger partial charge is 0.283 e. The highest BCUT2D eigenvalue weighted by Gasteiger charge is 2.15. The number of halogens is 1. The van der Waals surface area contributed by atoms with Crippen molar-refractivity contribution in [3.05, 3.63) is 62.6 Å². The topological polar surface area (TPSA) is 72.6 Å². The van der Waals surface area contributed by atoms with Crippen LogP contribution in [0.1, 0.15) is 5.56 Å². The second-order valence-corrected chi connectivity index (χ2v) is 4.56. The van der Waals surface area contributed by atoms with Crippen LogP contribution in [0.2, 0.25) is 0 Å². The van der Waals surface area contributed by atoms with Crippen molar-refractivity contribution in [1.29, 1.82) is 0 Å². The van der Waals surface area contributed by atoms with E-state index in [9.17, 15) is 15.2 Å². The Labute approximate surface area is 117 Å². The predicted molar refractivity (Wildman–Crippen MR) is 73.2 cm³/mol. The lowest BCUT2D eigenvalue weighted by molar-refractivity contribution is -0.385. The number of rotatable bonds is 4. The zero-order valence-corrected chi connectivity index (χ0v) is 11.3. The van der Waals surface area contributed by atoms with Crippen LogP contribution in [0.3, 0.4) is 0 Å². The molecule has 0 saturated heterocycles. The van der Waals surface area contributed by atoms with Crippen molar-refractivity contribution in [3.8, 4) is 11.5 Å². The van der Waals surface area contributed by atoms with Crippen molar-refractivity contribution in [1.82, 2.24) is 0 Å². The van der Waals surface area contributed by atoms with Gasteiger partial charge in [-0.05, 0) is 28.1 Å². The van der Waals surface area contributed by atoms with Crippen molar-refractivity contribution in [2.45, 2.75) is 6.61 Å². The highest BCUT2D eigenvalue weighted by atomic mass is 79.9. The third-order valence-corrected chi connectivity index (χ3v) is 3.42. The van der Waals surface area contributed by atoms with E-state index in [1.54, 1.807) is 30.3 Å². The highest BCUT2D eigenvalue weighted by Crippen LogP contribution is 2.30. The summed E-state index contributed by atoms with van der Waals surface area (Å²) in [5.74, 6) is 0.366. The molecule has 0 radical (unpaired) electrons. The van der Waals surface area contributed by atoms with Crippen molar-refractivity contribution in [2.24, 2.45) is 0 Å². The molecule has 0 fully saturated rings. The predicted octanol–water partition coefficient (Wildman–Crippen LogP) is 3.64. The van der Waals surface area contributed by atoms with Crippen LogP contribution in [0.25, 0.3) is 0 Å². The highest BCUT2D eigenvalue weighted by molar-refractivity contribution is 9.10. The fourth-order valence-corrected chi connectivity index (χ4v) is 2.08. The Morgan fingerprint density at radius 3 is 2.63 bits per heavy atom. The van der Waals surface area contributed by atoms with E-state index in [2.05, 4.69) is 15.9 Å². The molecule has 0 spiro atoms. The minimum Gasteiger partial charge on any atom is -0.504 e. The number of phenols is 1. The van der Waals surface area contributed by atoms with E-state index in [0.717, 1.165) is 0 Å². The fourth-order valence-electron chi connectivity index (χ4n) is 1.55. The molecule has 2 aromatic carbocycles. The Hall–Kier alpha value is -2.08. The number of ether oxygens (including phenoxy) is 1. The van der Waals surface area contributed by atoms with Gasteiger partial charge in [0.25, 0.3) is 5.69 Å². The Balaban J connectivity index is 2.19. The van der Waals surface area contributed by atoms with Gasteiger partial charge in [-0.1, -0.05) is 24.3 Å². The zero-order valence-electron chi connectivity index (χ0n) is 9.75. The maximum atomic E-state index is 10.8. The Morgan fingerprint density at radius 1 is 1.21 bits per heavy atom. The van der Waals surface area contributed by atoms with Crippen molar-refractivity contribution >= 4 is 21.6 Å². The van der Waals surface area contributed by atoms with Crippen LogP contribution in [0.5, 0.6) is 11.5 Å². The van der Waals surface area contributed by atoms with Gasteiger partial charge in [-0.2, -0.15) is 0 Å². The maximum absolute atomic E-state index is 10.8. The molecule has 2 rings (SSSR count). The standard InChI is InChI=1S/C13H10BrNO4/c14-13-9(4-3-5-10(13)15(17)18)8-19-12-7-2-1-6-11(12)16/h1-7,16H,8H2. The molecule has 19 heavy (non-hydrogen) atoms. The lowest BCUT2D eigenvalue weighted by Crippen LogP contribution is -1.99. The number of hydrogen-bond acceptors (Lipinski definition) is 4. The van der Waals surface area contributed by atoms with Gasteiger partial charge < -0.3 is 9.84 Å². The van der Waals surface area contributed by atoms with Gasteiger partial charge in [0.05, 0.1) is 4.92 Å². The number of nitro benzene ring substituents is 1. The molecule has 6 heteroatoms. The van der Waals surface area contributed by atoms with Gasteiger partial charge in [-0.3, -0.25) is 10.1 Å². The number of aromatic hydroxyl groups is 1. The van der Waals surface area contributed by atoms with Gasteiger partial charge >= 0.3 is 0 Å². The summed E-state index contributed by atoms with van der Waals surface area (Å²) in [5, 5.41) is 20.4. The van der Waals surface area contributed by atoms with Crippen LogP contribution < -0.4 is 4.74 Å². The first-order valence-corrected chi connectivity index (χ1v) is 6.21. The Morgan fingerprint density at radius 2 is 1.95 bits per heavy atom. The summed E-state index contributed by atoms with van der Waals surface area (Å²) in [5.41, 5.74) is 0.621. The number of para-hydroxylation sites is 2. The summed E-state index contributed by atoms with van der Waals surface area (Å²) in [6.45, 7) is 0.125. The molecule has 0 atom stereocenters. The fraction of sp³-hybridized carbons (Fsp3) is 0.0769. The molecule has 0 aromatic heterocycles. The van der Waals surface area contributed by atoms with Crippen LogP contribution in [0.15, 0.2) is 46.9 Å². The maximum Gasteiger partial charge on any atom is 0.283 e. The second-order valence-electron chi connectivity index (χ2n) is 3.76. The largest absolute Gasteiger partial charge is 0.504 e. The minimum absolute atomic E-state index is 0.0154. The van der Waals surface area contributed by atoms with Gasteiger partial charge in [-0.15, -0.1) is 0 Å². The van der Waals surface area contributed by atoms with Gasteiger partial charge in [0.2, 0.25) is 0 Å². The van der Waals surface area contributed by atoms with E-state index < -0.39 is 4.92 Å². The summed E-state index contributed by atoms with van der Waals surface area (Å²) in [6.07, 6.45) is 0. The quantitative estimate of drug-likeness (QED) is 0.688. The molecule has 5 nitrogen and oxygen atoms in total. The molecule has 0 amide bonds. The van der Waals surface area contributed by atoms with Crippen LogP contribution in [-0.4, -0.2) is 10.0 Å². The second kappa shape index (κ2) is 5.71. The number of phenolic OH excluding ortho intramolecular Hbond substituents is 1. The van der Waals surface area contributed by atoms with Crippen molar-refractivity contribution in [2.75, 3.05) is 0 Å². The first kappa shape index (κ1) is 13.4. The van der Waals surface area contributed by atoms with E-state index >= 15 is 0 Å². The van der Waals surface area contributed by atoms with Gasteiger partial charge in [0.1, 0.15) is 11.1 Å². The molecule has 0 aliphatic heterocycles. The van der Waals surface area contributed by atoms with Gasteiger partial charge in [-0.25, -0.2) is 0 Å². The SMILES string of the molecule is O=[N+]([O-])c1cccc(COc2ccccc2O)c1Br. The summed E-state index contributed by atoms with van der Waals surface area (Å²) in [7, 11) is 0. The Kier molecular flexibility index (Phi) is 4.01. The van der Waals surface area contributed by atoms with Crippen LogP contribution in [0, 0.1) is 10.1 Å². The lowest BCUT2D eigenvalue weighted by atomic mass is 10.2. The number of benzene rings is 2. The summed E-state index contributed by atoms with van der Waals surface area (Å²) in [6, 6.07) is 11.3. The summed E-state index contributed by atoms with van der Waals surface area (Å²) < 4.78 is 5.82. The molecular formula is C13H10BrNO4. The van der Waals surface area contributed by atoms with Gasteiger partial charge in [0, 0.05) is 11.6 Å². The molecule has 0 aliphatic rings. The van der Waals surface area contributed by atoms with Crippen LogP contribution >= 0.6 is 15.9 Å². The third-order valence-electron chi connectivity index (χ3n) is 2.50. The summed E-state index contributed by atoms with van der Waals surface area (Å²) in [4.78, 5) is 10.3.